The van der Waals surface area contributed by atoms with Crippen molar-refractivity contribution in [3.63, 3.8) is 0 Å². The monoisotopic (exact) mass is 229 g/mol. The van der Waals surface area contributed by atoms with Gasteiger partial charge in [-0.25, -0.2) is 0 Å². The summed E-state index contributed by atoms with van der Waals surface area (Å²) in [6.45, 7) is 12.8. The van der Waals surface area contributed by atoms with Gasteiger partial charge >= 0.3 is 0 Å². The van der Waals surface area contributed by atoms with Crippen molar-refractivity contribution in [1.82, 2.24) is 0 Å². The van der Waals surface area contributed by atoms with Gasteiger partial charge in [0.05, 0.1) is 11.5 Å². The molecule has 0 aliphatic carbocycles. The molecular formula is C16H23N. The van der Waals surface area contributed by atoms with E-state index >= 15 is 0 Å². The molecule has 0 aliphatic rings. The molecule has 0 spiro atoms. The van der Waals surface area contributed by atoms with Crippen molar-refractivity contribution in [3.8, 4) is 6.07 Å². The van der Waals surface area contributed by atoms with Gasteiger partial charge in [-0.15, -0.1) is 0 Å². The van der Waals surface area contributed by atoms with E-state index in [-0.39, 0.29) is 5.41 Å². The van der Waals surface area contributed by atoms with Crippen LogP contribution in [-0.2, 0) is 10.8 Å². The number of hydrogen-bond donors (Lipinski definition) is 0. The van der Waals surface area contributed by atoms with Crippen molar-refractivity contribution in [3.05, 3.63) is 35.4 Å². The zero-order valence-corrected chi connectivity index (χ0v) is 11.8. The molecule has 92 valence electrons. The van der Waals surface area contributed by atoms with Crippen LogP contribution in [0.25, 0.3) is 0 Å². The molecule has 0 fully saturated rings. The molecular weight excluding hydrogens is 206 g/mol. The van der Waals surface area contributed by atoms with Gasteiger partial charge in [0.2, 0.25) is 0 Å². The topological polar surface area (TPSA) is 23.8 Å². The summed E-state index contributed by atoms with van der Waals surface area (Å²) in [5.74, 6) is 0.313. The highest BCUT2D eigenvalue weighted by molar-refractivity contribution is 5.36. The second-order valence-corrected chi connectivity index (χ2v) is 6.30. The smallest absolute Gasteiger partial charge is 0.0817 e. The predicted molar refractivity (Wildman–Crippen MR) is 72.9 cm³/mol. The van der Waals surface area contributed by atoms with Gasteiger partial charge in [0, 0.05) is 0 Å². The summed E-state index contributed by atoms with van der Waals surface area (Å²) in [5, 5.41) is 9.39. The van der Waals surface area contributed by atoms with E-state index in [1.54, 1.807) is 0 Å². The fraction of sp³-hybridized carbons (Fsp3) is 0.562. The first-order valence-corrected chi connectivity index (χ1v) is 6.24. The Hall–Kier alpha value is -1.29. The fourth-order valence-electron chi connectivity index (χ4n) is 1.84. The summed E-state index contributed by atoms with van der Waals surface area (Å²) in [5.41, 5.74) is 2.20. The standard InChI is InChI=1S/C16H23N/c1-12(2)16(6,11-17)14-9-7-13(8-10-14)15(3,4)5/h7-10,12H,1-6H3. The highest BCUT2D eigenvalue weighted by atomic mass is 14.4. The number of hydrogen-bond acceptors (Lipinski definition) is 1. The van der Waals surface area contributed by atoms with Gasteiger partial charge in [-0.2, -0.15) is 5.26 Å². The normalized spacial score (nSPS) is 15.4. The quantitative estimate of drug-likeness (QED) is 0.736. The average Bonchev–Trinajstić information content (AvgIpc) is 2.26. The van der Waals surface area contributed by atoms with Crippen molar-refractivity contribution in [1.29, 1.82) is 5.26 Å². The molecule has 0 aliphatic heterocycles. The first kappa shape index (κ1) is 13.8. The number of rotatable bonds is 2. The van der Waals surface area contributed by atoms with Crippen molar-refractivity contribution >= 4 is 0 Å². The molecule has 1 rings (SSSR count). The molecule has 1 unspecified atom stereocenters. The summed E-state index contributed by atoms with van der Waals surface area (Å²) in [4.78, 5) is 0. The second-order valence-electron chi connectivity index (χ2n) is 6.30. The minimum atomic E-state index is -0.392. The van der Waals surface area contributed by atoms with Gasteiger partial charge in [-0.3, -0.25) is 0 Å². The van der Waals surface area contributed by atoms with E-state index in [4.69, 9.17) is 0 Å². The maximum Gasteiger partial charge on any atom is 0.0817 e. The SMILES string of the molecule is CC(C)C(C)(C#N)c1ccc(C(C)(C)C)cc1. The van der Waals surface area contributed by atoms with Crippen molar-refractivity contribution in [2.45, 2.75) is 52.4 Å². The minimum absolute atomic E-state index is 0.166. The van der Waals surface area contributed by atoms with E-state index < -0.39 is 5.41 Å². The van der Waals surface area contributed by atoms with Crippen LogP contribution in [0.4, 0.5) is 0 Å². The largest absolute Gasteiger partial charge is 0.197 e. The van der Waals surface area contributed by atoms with E-state index in [0.717, 1.165) is 5.56 Å². The molecule has 1 heteroatoms. The van der Waals surface area contributed by atoms with Crippen molar-refractivity contribution < 1.29 is 0 Å². The van der Waals surface area contributed by atoms with E-state index in [1.807, 2.05) is 6.92 Å². The first-order chi connectivity index (χ1) is 7.71. The molecule has 0 heterocycles. The van der Waals surface area contributed by atoms with Crippen molar-refractivity contribution in [2.75, 3.05) is 0 Å². The summed E-state index contributed by atoms with van der Waals surface area (Å²) >= 11 is 0. The van der Waals surface area contributed by atoms with Crippen LogP contribution in [0.15, 0.2) is 24.3 Å². The lowest BCUT2D eigenvalue weighted by molar-refractivity contribution is 0.431. The van der Waals surface area contributed by atoms with Crippen LogP contribution in [-0.4, -0.2) is 0 Å². The molecule has 0 saturated heterocycles. The van der Waals surface area contributed by atoms with Crippen LogP contribution >= 0.6 is 0 Å². The number of nitriles is 1. The Morgan fingerprint density at radius 3 is 1.65 bits per heavy atom. The summed E-state index contributed by atoms with van der Waals surface area (Å²) in [7, 11) is 0. The fourth-order valence-corrected chi connectivity index (χ4v) is 1.84. The molecule has 1 nitrogen and oxygen atoms in total. The van der Waals surface area contributed by atoms with E-state index in [9.17, 15) is 5.26 Å². The first-order valence-electron chi connectivity index (χ1n) is 6.24. The maximum atomic E-state index is 9.39. The van der Waals surface area contributed by atoms with Gasteiger partial charge in [-0.1, -0.05) is 58.9 Å². The second kappa shape index (κ2) is 4.53. The van der Waals surface area contributed by atoms with Crippen LogP contribution in [0.3, 0.4) is 0 Å². The highest BCUT2D eigenvalue weighted by Gasteiger charge is 2.30. The lowest BCUT2D eigenvalue weighted by Gasteiger charge is -2.27. The molecule has 1 atom stereocenters. The van der Waals surface area contributed by atoms with E-state index in [2.05, 4.69) is 65.0 Å². The Morgan fingerprint density at radius 2 is 1.35 bits per heavy atom. The van der Waals surface area contributed by atoms with Crippen LogP contribution in [0.2, 0.25) is 0 Å². The summed E-state index contributed by atoms with van der Waals surface area (Å²) < 4.78 is 0. The molecule has 1 aromatic rings. The Morgan fingerprint density at radius 1 is 0.941 bits per heavy atom. The van der Waals surface area contributed by atoms with Crippen LogP contribution in [0.1, 0.15) is 52.7 Å². The lowest BCUT2D eigenvalue weighted by atomic mass is 9.74. The van der Waals surface area contributed by atoms with Gasteiger partial charge < -0.3 is 0 Å². The third-order valence-corrected chi connectivity index (χ3v) is 3.74. The van der Waals surface area contributed by atoms with Crippen LogP contribution in [0, 0.1) is 17.2 Å². The zero-order valence-electron chi connectivity index (χ0n) is 11.8. The Bertz CT molecular complexity index is 414. The third-order valence-electron chi connectivity index (χ3n) is 3.74. The molecule has 0 bridgehead atoms. The minimum Gasteiger partial charge on any atom is -0.197 e. The summed E-state index contributed by atoms with van der Waals surface area (Å²) in [6.07, 6.45) is 0. The molecule has 17 heavy (non-hydrogen) atoms. The highest BCUT2D eigenvalue weighted by Crippen LogP contribution is 2.32. The molecule has 0 N–H and O–H groups in total. The van der Waals surface area contributed by atoms with E-state index in [0.29, 0.717) is 5.92 Å². The Balaban J connectivity index is 3.16. The molecule has 0 amide bonds. The number of nitrogens with zero attached hydrogens (tertiary/aromatic N) is 1. The zero-order chi connectivity index (χ0) is 13.3. The van der Waals surface area contributed by atoms with Gasteiger partial charge in [0.1, 0.15) is 0 Å². The van der Waals surface area contributed by atoms with Gasteiger partial charge in [0.25, 0.3) is 0 Å². The molecule has 0 saturated carbocycles. The molecule has 0 radical (unpaired) electrons. The van der Waals surface area contributed by atoms with Crippen LogP contribution in [0.5, 0.6) is 0 Å². The maximum absolute atomic E-state index is 9.39. The van der Waals surface area contributed by atoms with Gasteiger partial charge in [0.15, 0.2) is 0 Å². The van der Waals surface area contributed by atoms with Gasteiger partial charge in [-0.05, 0) is 29.4 Å². The van der Waals surface area contributed by atoms with Crippen molar-refractivity contribution in [2.24, 2.45) is 5.92 Å². The van der Waals surface area contributed by atoms with E-state index in [1.165, 1.54) is 5.56 Å². The Kier molecular flexibility index (Phi) is 3.67. The van der Waals surface area contributed by atoms with Crippen LogP contribution < -0.4 is 0 Å². The lowest BCUT2D eigenvalue weighted by Crippen LogP contribution is -2.26. The predicted octanol–water partition coefficient (Wildman–Crippen LogP) is 4.42. The Labute approximate surface area is 105 Å². The summed E-state index contributed by atoms with van der Waals surface area (Å²) in [6, 6.07) is 10.9. The third kappa shape index (κ3) is 2.69. The number of benzene rings is 1. The molecule has 0 aromatic heterocycles. The average molecular weight is 229 g/mol. The molecule has 1 aromatic carbocycles.